The summed E-state index contributed by atoms with van der Waals surface area (Å²) in [7, 11) is 0. The van der Waals surface area contributed by atoms with Crippen LogP contribution in [-0.2, 0) is 9.59 Å². The molecule has 1 aromatic heterocycles. The number of nitrogens with two attached hydrogens (primary N) is 1. The molecule has 6 heteroatoms. The molecular weight excluding hydrogens is 220 g/mol. The Kier molecular flexibility index (Phi) is 4.71. The van der Waals surface area contributed by atoms with Crippen LogP contribution in [0.2, 0.25) is 0 Å². The molecule has 0 aromatic carbocycles. The van der Waals surface area contributed by atoms with E-state index in [0.717, 1.165) is 0 Å². The van der Waals surface area contributed by atoms with Gasteiger partial charge in [0.1, 0.15) is 0 Å². The molecule has 17 heavy (non-hydrogen) atoms. The predicted molar refractivity (Wildman–Crippen MR) is 64.6 cm³/mol. The van der Waals surface area contributed by atoms with Gasteiger partial charge in [-0.2, -0.15) is 0 Å². The van der Waals surface area contributed by atoms with Crippen LogP contribution < -0.4 is 16.5 Å². The SMILES string of the molecule is CC(C)[C@H](N)C(=O)NCC(=O)Nn1cccc1. The normalized spacial score (nSPS) is 12.2. The van der Waals surface area contributed by atoms with Gasteiger partial charge in [-0.1, -0.05) is 13.8 Å². The van der Waals surface area contributed by atoms with Crippen molar-refractivity contribution in [3.63, 3.8) is 0 Å². The smallest absolute Gasteiger partial charge is 0.258 e. The Balaban J connectivity index is 2.31. The quantitative estimate of drug-likeness (QED) is 0.655. The summed E-state index contributed by atoms with van der Waals surface area (Å²) in [5.74, 6) is -0.573. The van der Waals surface area contributed by atoms with E-state index in [1.165, 1.54) is 4.68 Å². The van der Waals surface area contributed by atoms with E-state index in [-0.39, 0.29) is 24.3 Å². The molecule has 0 aliphatic heterocycles. The van der Waals surface area contributed by atoms with Crippen molar-refractivity contribution in [2.45, 2.75) is 19.9 Å². The van der Waals surface area contributed by atoms with Gasteiger partial charge in [0, 0.05) is 12.4 Å². The van der Waals surface area contributed by atoms with Gasteiger partial charge in [-0.15, -0.1) is 0 Å². The highest BCUT2D eigenvalue weighted by Gasteiger charge is 2.17. The second kappa shape index (κ2) is 6.05. The van der Waals surface area contributed by atoms with Gasteiger partial charge in [-0.05, 0) is 18.1 Å². The van der Waals surface area contributed by atoms with Crippen molar-refractivity contribution in [3.05, 3.63) is 24.5 Å². The fourth-order valence-corrected chi connectivity index (χ4v) is 1.18. The lowest BCUT2D eigenvalue weighted by molar-refractivity contribution is -0.126. The molecule has 1 heterocycles. The lowest BCUT2D eigenvalue weighted by Gasteiger charge is -2.15. The molecule has 0 bridgehead atoms. The first kappa shape index (κ1) is 13.2. The third-order valence-electron chi connectivity index (χ3n) is 2.30. The molecule has 6 nitrogen and oxygen atoms in total. The van der Waals surface area contributed by atoms with Crippen molar-refractivity contribution < 1.29 is 9.59 Å². The Morgan fingerprint density at radius 3 is 2.41 bits per heavy atom. The van der Waals surface area contributed by atoms with Gasteiger partial charge in [0.25, 0.3) is 5.91 Å². The summed E-state index contributed by atoms with van der Waals surface area (Å²) in [4.78, 5) is 22.9. The van der Waals surface area contributed by atoms with Crippen molar-refractivity contribution in [3.8, 4) is 0 Å². The fourth-order valence-electron chi connectivity index (χ4n) is 1.18. The van der Waals surface area contributed by atoms with Gasteiger partial charge in [0.15, 0.2) is 0 Å². The van der Waals surface area contributed by atoms with Gasteiger partial charge in [0.05, 0.1) is 12.6 Å². The average Bonchev–Trinajstić information content (AvgIpc) is 2.77. The number of rotatable bonds is 5. The number of nitrogens with zero attached hydrogens (tertiary/aromatic N) is 1. The lowest BCUT2D eigenvalue weighted by atomic mass is 10.1. The van der Waals surface area contributed by atoms with Crippen LogP contribution >= 0.6 is 0 Å². The summed E-state index contributed by atoms with van der Waals surface area (Å²) in [6.45, 7) is 3.62. The minimum Gasteiger partial charge on any atom is -0.346 e. The number of hydrogen-bond donors (Lipinski definition) is 3. The van der Waals surface area contributed by atoms with Crippen molar-refractivity contribution in [2.75, 3.05) is 12.0 Å². The Morgan fingerprint density at radius 2 is 1.88 bits per heavy atom. The summed E-state index contributed by atoms with van der Waals surface area (Å²) >= 11 is 0. The van der Waals surface area contributed by atoms with E-state index in [1.807, 2.05) is 13.8 Å². The largest absolute Gasteiger partial charge is 0.346 e. The third-order valence-corrected chi connectivity index (χ3v) is 2.30. The lowest BCUT2D eigenvalue weighted by Crippen LogP contribution is -2.46. The van der Waals surface area contributed by atoms with E-state index in [9.17, 15) is 9.59 Å². The Hall–Kier alpha value is -1.82. The highest BCUT2D eigenvalue weighted by molar-refractivity contribution is 5.90. The van der Waals surface area contributed by atoms with Crippen LogP contribution in [0.4, 0.5) is 0 Å². The minimum atomic E-state index is -0.589. The van der Waals surface area contributed by atoms with E-state index in [0.29, 0.717) is 0 Å². The summed E-state index contributed by atoms with van der Waals surface area (Å²) in [5, 5.41) is 2.49. The first-order valence-corrected chi connectivity index (χ1v) is 5.47. The molecule has 0 aliphatic rings. The van der Waals surface area contributed by atoms with E-state index >= 15 is 0 Å². The second-order valence-corrected chi connectivity index (χ2v) is 4.11. The number of carbonyl (C=O) groups is 2. The van der Waals surface area contributed by atoms with Gasteiger partial charge < -0.3 is 11.1 Å². The maximum Gasteiger partial charge on any atom is 0.258 e. The Bertz CT molecular complexity index is 373. The number of carbonyl (C=O) groups excluding carboxylic acids is 2. The molecule has 1 atom stereocenters. The molecule has 0 unspecified atom stereocenters. The zero-order valence-corrected chi connectivity index (χ0v) is 10.0. The van der Waals surface area contributed by atoms with Crippen LogP contribution in [0.5, 0.6) is 0 Å². The molecular formula is C11H18N4O2. The van der Waals surface area contributed by atoms with Gasteiger partial charge in [-0.3, -0.25) is 19.7 Å². The van der Waals surface area contributed by atoms with Crippen LogP contribution in [0.1, 0.15) is 13.8 Å². The molecule has 0 aliphatic carbocycles. The second-order valence-electron chi connectivity index (χ2n) is 4.11. The maximum absolute atomic E-state index is 11.5. The topological polar surface area (TPSA) is 89.2 Å². The monoisotopic (exact) mass is 238 g/mol. The average molecular weight is 238 g/mol. The van der Waals surface area contributed by atoms with Crippen LogP contribution in [0, 0.1) is 5.92 Å². The van der Waals surface area contributed by atoms with Crippen LogP contribution in [0.25, 0.3) is 0 Å². The summed E-state index contributed by atoms with van der Waals surface area (Å²) < 4.78 is 1.51. The van der Waals surface area contributed by atoms with Gasteiger partial charge >= 0.3 is 0 Å². The highest BCUT2D eigenvalue weighted by Crippen LogP contribution is 1.97. The minimum absolute atomic E-state index is 0.0440. The fraction of sp³-hybridized carbons (Fsp3) is 0.455. The van der Waals surface area contributed by atoms with E-state index in [1.54, 1.807) is 24.5 Å². The Labute approximate surface area is 100 Å². The van der Waals surface area contributed by atoms with Crippen LogP contribution in [0.15, 0.2) is 24.5 Å². The van der Waals surface area contributed by atoms with Gasteiger partial charge in [-0.25, -0.2) is 0 Å². The molecule has 1 aromatic rings. The van der Waals surface area contributed by atoms with Crippen molar-refractivity contribution >= 4 is 11.8 Å². The van der Waals surface area contributed by atoms with Gasteiger partial charge in [0.2, 0.25) is 5.91 Å². The molecule has 2 amide bonds. The first-order chi connectivity index (χ1) is 8.00. The zero-order valence-electron chi connectivity index (χ0n) is 10.0. The summed E-state index contributed by atoms with van der Waals surface area (Å²) in [6.07, 6.45) is 3.39. The molecule has 0 saturated carbocycles. The summed E-state index contributed by atoms with van der Waals surface area (Å²) in [5.41, 5.74) is 8.20. The van der Waals surface area contributed by atoms with E-state index < -0.39 is 6.04 Å². The van der Waals surface area contributed by atoms with E-state index in [2.05, 4.69) is 10.7 Å². The number of aromatic nitrogens is 1. The zero-order chi connectivity index (χ0) is 12.8. The highest BCUT2D eigenvalue weighted by atomic mass is 16.2. The maximum atomic E-state index is 11.5. The molecule has 0 saturated heterocycles. The standard InChI is InChI=1S/C11H18N4O2/c1-8(2)10(12)11(17)13-7-9(16)14-15-5-3-4-6-15/h3-6,8,10H,7,12H2,1-2H3,(H,13,17)(H,14,16)/t10-/m0/s1. The third kappa shape index (κ3) is 4.28. The molecule has 0 spiro atoms. The van der Waals surface area contributed by atoms with Crippen LogP contribution in [0.3, 0.4) is 0 Å². The molecule has 0 fully saturated rings. The molecule has 94 valence electrons. The van der Waals surface area contributed by atoms with Crippen molar-refractivity contribution in [2.24, 2.45) is 11.7 Å². The van der Waals surface area contributed by atoms with Crippen LogP contribution in [-0.4, -0.2) is 29.1 Å². The number of hydrogen-bond acceptors (Lipinski definition) is 3. The first-order valence-electron chi connectivity index (χ1n) is 5.47. The predicted octanol–water partition coefficient (Wildman–Crippen LogP) is -0.342. The molecule has 4 N–H and O–H groups in total. The summed E-state index contributed by atoms with van der Waals surface area (Å²) in [6, 6.07) is 2.98. The van der Waals surface area contributed by atoms with E-state index in [4.69, 9.17) is 5.73 Å². The number of nitrogens with one attached hydrogen (secondary N) is 2. The Morgan fingerprint density at radius 1 is 1.29 bits per heavy atom. The number of amides is 2. The molecule has 0 radical (unpaired) electrons. The van der Waals surface area contributed by atoms with Crippen molar-refractivity contribution in [1.82, 2.24) is 9.99 Å². The molecule has 1 rings (SSSR count). The van der Waals surface area contributed by atoms with Crippen molar-refractivity contribution in [1.29, 1.82) is 0 Å².